The van der Waals surface area contributed by atoms with E-state index in [-0.39, 0.29) is 0 Å². The molecule has 1 unspecified atom stereocenters. The molecule has 0 amide bonds. The van der Waals surface area contributed by atoms with Crippen LogP contribution in [0.2, 0.25) is 0 Å². The molecule has 0 radical (unpaired) electrons. The Hall–Kier alpha value is -1.79. The Balaban J connectivity index is 2.53. The average Bonchev–Trinajstić information content (AvgIpc) is 2.53. The fraction of sp³-hybridized carbons (Fsp3) is 0.267. The molecule has 0 aliphatic carbocycles. The summed E-state index contributed by atoms with van der Waals surface area (Å²) in [6.07, 6.45) is 0.682. The van der Waals surface area contributed by atoms with Gasteiger partial charge in [-0.15, -0.1) is 0 Å². The molecule has 0 saturated carbocycles. The molecule has 1 N–H and O–H groups in total. The van der Waals surface area contributed by atoms with Crippen LogP contribution in [0, 0.1) is 0 Å². The van der Waals surface area contributed by atoms with Gasteiger partial charge in [-0.3, -0.25) is 0 Å². The van der Waals surface area contributed by atoms with Crippen LogP contribution in [0.25, 0.3) is 0 Å². The minimum absolute atomic E-state index is 0.374. The van der Waals surface area contributed by atoms with E-state index >= 15 is 0 Å². The third-order valence-electron chi connectivity index (χ3n) is 3.10. The molecular formula is C15H16BrNO4. The molecule has 1 atom stereocenters. The summed E-state index contributed by atoms with van der Waals surface area (Å²) in [6.45, 7) is 0. The molecule has 1 aromatic heterocycles. The smallest absolute Gasteiger partial charge is 0.219 e. The topological polar surface area (TPSA) is 60.8 Å². The second-order valence-corrected chi connectivity index (χ2v) is 5.00. The maximum absolute atomic E-state index is 10.6. The third-order valence-corrected chi connectivity index (χ3v) is 3.85. The van der Waals surface area contributed by atoms with Crippen LogP contribution in [-0.2, 0) is 0 Å². The van der Waals surface area contributed by atoms with Crippen LogP contribution in [0.4, 0.5) is 0 Å². The molecule has 0 aliphatic heterocycles. The van der Waals surface area contributed by atoms with Gasteiger partial charge < -0.3 is 19.3 Å². The van der Waals surface area contributed by atoms with E-state index in [0.717, 1.165) is 0 Å². The zero-order valence-corrected chi connectivity index (χ0v) is 13.5. The van der Waals surface area contributed by atoms with Gasteiger partial charge in [0, 0.05) is 17.3 Å². The van der Waals surface area contributed by atoms with Gasteiger partial charge in [0.2, 0.25) is 5.88 Å². The Labute approximate surface area is 131 Å². The first kappa shape index (κ1) is 15.6. The lowest BCUT2D eigenvalue weighted by Gasteiger charge is -2.19. The Kier molecular flexibility index (Phi) is 5.03. The lowest BCUT2D eigenvalue weighted by molar-refractivity contribution is 0.207. The molecular weight excluding hydrogens is 338 g/mol. The highest BCUT2D eigenvalue weighted by Gasteiger charge is 2.22. The first-order chi connectivity index (χ1) is 10.1. The van der Waals surface area contributed by atoms with E-state index < -0.39 is 6.10 Å². The van der Waals surface area contributed by atoms with Crippen LogP contribution < -0.4 is 14.2 Å². The van der Waals surface area contributed by atoms with Gasteiger partial charge in [0.1, 0.15) is 22.1 Å². The van der Waals surface area contributed by atoms with E-state index in [1.807, 2.05) is 0 Å². The first-order valence-corrected chi connectivity index (χ1v) is 7.00. The van der Waals surface area contributed by atoms with Gasteiger partial charge in [-0.2, -0.15) is 0 Å². The zero-order chi connectivity index (χ0) is 15.4. The van der Waals surface area contributed by atoms with E-state index in [0.29, 0.717) is 33.0 Å². The molecule has 6 heteroatoms. The van der Waals surface area contributed by atoms with Gasteiger partial charge in [-0.25, -0.2) is 4.98 Å². The molecule has 0 bridgehead atoms. The van der Waals surface area contributed by atoms with Crippen LogP contribution in [0.3, 0.4) is 0 Å². The average molecular weight is 354 g/mol. The number of benzene rings is 1. The van der Waals surface area contributed by atoms with Crippen LogP contribution in [-0.4, -0.2) is 31.4 Å². The quantitative estimate of drug-likeness (QED) is 0.895. The predicted octanol–water partition coefficient (Wildman–Crippen LogP) is 2.95. The van der Waals surface area contributed by atoms with E-state index in [1.54, 1.807) is 37.6 Å². The lowest BCUT2D eigenvalue weighted by Crippen LogP contribution is -2.06. The number of aliphatic hydroxyl groups excluding tert-OH is 1. The molecule has 21 heavy (non-hydrogen) atoms. The van der Waals surface area contributed by atoms with Gasteiger partial charge in [0.25, 0.3) is 0 Å². The summed E-state index contributed by atoms with van der Waals surface area (Å²) in [4.78, 5) is 4.10. The highest BCUT2D eigenvalue weighted by Crippen LogP contribution is 2.42. The molecule has 0 fully saturated rings. The van der Waals surface area contributed by atoms with Gasteiger partial charge in [0.15, 0.2) is 0 Å². The van der Waals surface area contributed by atoms with Crippen molar-refractivity contribution in [1.29, 1.82) is 0 Å². The van der Waals surface area contributed by atoms with Crippen LogP contribution in [0.15, 0.2) is 34.9 Å². The van der Waals surface area contributed by atoms with Gasteiger partial charge in [0.05, 0.1) is 21.3 Å². The fourth-order valence-corrected chi connectivity index (χ4v) is 2.77. The molecule has 0 aliphatic rings. The Morgan fingerprint density at radius 1 is 1.05 bits per heavy atom. The van der Waals surface area contributed by atoms with Crippen molar-refractivity contribution in [3.63, 3.8) is 0 Å². The molecule has 2 aromatic rings. The second kappa shape index (κ2) is 6.78. The maximum atomic E-state index is 10.6. The SMILES string of the molecule is COc1ccc(C(O)c2cccnc2OC)c(OC)c1Br. The zero-order valence-electron chi connectivity index (χ0n) is 12.0. The van der Waals surface area contributed by atoms with E-state index in [1.165, 1.54) is 14.2 Å². The molecule has 112 valence electrons. The van der Waals surface area contributed by atoms with Crippen molar-refractivity contribution in [1.82, 2.24) is 4.98 Å². The Morgan fingerprint density at radius 2 is 1.81 bits per heavy atom. The highest BCUT2D eigenvalue weighted by atomic mass is 79.9. The standard InChI is InChI=1S/C15H16BrNO4/c1-19-11-7-6-9(14(20-2)12(11)16)13(18)10-5-4-8-17-15(10)21-3/h4-8,13,18H,1-3H3. The monoisotopic (exact) mass is 353 g/mol. The first-order valence-electron chi connectivity index (χ1n) is 6.21. The summed E-state index contributed by atoms with van der Waals surface area (Å²) in [5.74, 6) is 1.51. The van der Waals surface area contributed by atoms with E-state index in [9.17, 15) is 5.11 Å². The van der Waals surface area contributed by atoms with Crippen LogP contribution in [0.1, 0.15) is 17.2 Å². The number of ether oxygens (including phenoxy) is 3. The number of hydrogen-bond donors (Lipinski definition) is 1. The summed E-state index contributed by atoms with van der Waals surface area (Å²) in [5.41, 5.74) is 1.16. The van der Waals surface area contributed by atoms with Gasteiger partial charge in [-0.05, 0) is 40.2 Å². The van der Waals surface area contributed by atoms with Crippen LogP contribution in [0.5, 0.6) is 17.4 Å². The molecule has 1 heterocycles. The van der Waals surface area contributed by atoms with Crippen molar-refractivity contribution in [3.8, 4) is 17.4 Å². The number of rotatable bonds is 5. The minimum Gasteiger partial charge on any atom is -0.495 e. The Bertz CT molecular complexity index is 633. The number of halogens is 1. The van der Waals surface area contributed by atoms with Crippen molar-refractivity contribution in [2.75, 3.05) is 21.3 Å². The largest absolute Gasteiger partial charge is 0.495 e. The highest BCUT2D eigenvalue weighted by molar-refractivity contribution is 9.10. The molecule has 0 spiro atoms. The van der Waals surface area contributed by atoms with Crippen molar-refractivity contribution >= 4 is 15.9 Å². The van der Waals surface area contributed by atoms with Gasteiger partial charge in [-0.1, -0.05) is 0 Å². The summed E-state index contributed by atoms with van der Waals surface area (Å²) in [7, 11) is 4.62. The number of methoxy groups -OCH3 is 3. The molecule has 1 aromatic carbocycles. The molecule has 0 saturated heterocycles. The summed E-state index contributed by atoms with van der Waals surface area (Å²) >= 11 is 3.42. The van der Waals surface area contributed by atoms with E-state index in [2.05, 4.69) is 20.9 Å². The van der Waals surface area contributed by atoms with Gasteiger partial charge >= 0.3 is 0 Å². The van der Waals surface area contributed by atoms with Crippen molar-refractivity contribution in [2.45, 2.75) is 6.10 Å². The van der Waals surface area contributed by atoms with Crippen molar-refractivity contribution in [3.05, 3.63) is 46.1 Å². The molecule has 5 nitrogen and oxygen atoms in total. The molecule has 2 rings (SSSR count). The number of aliphatic hydroxyl groups is 1. The second-order valence-electron chi connectivity index (χ2n) is 4.21. The van der Waals surface area contributed by atoms with Crippen molar-refractivity contribution in [2.24, 2.45) is 0 Å². The maximum Gasteiger partial charge on any atom is 0.219 e. The predicted molar refractivity (Wildman–Crippen MR) is 82.1 cm³/mol. The van der Waals surface area contributed by atoms with E-state index in [4.69, 9.17) is 14.2 Å². The number of nitrogens with zero attached hydrogens (tertiary/aromatic N) is 1. The fourth-order valence-electron chi connectivity index (χ4n) is 2.08. The number of hydrogen-bond acceptors (Lipinski definition) is 5. The van der Waals surface area contributed by atoms with Crippen molar-refractivity contribution < 1.29 is 19.3 Å². The number of pyridine rings is 1. The number of aromatic nitrogens is 1. The normalized spacial score (nSPS) is 11.9. The minimum atomic E-state index is -0.925. The lowest BCUT2D eigenvalue weighted by atomic mass is 10.0. The third kappa shape index (κ3) is 2.96. The summed E-state index contributed by atoms with van der Waals surface area (Å²) < 4.78 is 16.4. The Morgan fingerprint density at radius 3 is 2.43 bits per heavy atom. The summed E-state index contributed by atoms with van der Waals surface area (Å²) in [5, 5.41) is 10.6. The summed E-state index contributed by atoms with van der Waals surface area (Å²) in [6, 6.07) is 7.01. The van der Waals surface area contributed by atoms with Crippen LogP contribution >= 0.6 is 15.9 Å².